The second-order valence-electron chi connectivity index (χ2n) is 7.91. The molecule has 0 radical (unpaired) electrons. The summed E-state index contributed by atoms with van der Waals surface area (Å²) in [7, 11) is 0. The molecule has 0 aliphatic carbocycles. The van der Waals surface area contributed by atoms with Gasteiger partial charge in [-0.05, 0) is 67.8 Å². The van der Waals surface area contributed by atoms with E-state index in [9.17, 15) is 19.7 Å². The van der Waals surface area contributed by atoms with Gasteiger partial charge >= 0.3 is 0 Å². The van der Waals surface area contributed by atoms with Crippen molar-refractivity contribution in [3.05, 3.63) is 92.0 Å². The molecule has 2 amide bonds. The first-order valence-electron chi connectivity index (χ1n) is 11.2. The molecular weight excluding hydrogens is 500 g/mol. The van der Waals surface area contributed by atoms with Crippen LogP contribution in [0.1, 0.15) is 34.0 Å². The number of benzene rings is 3. The number of nitrogens with one attached hydrogen (secondary N) is 2. The van der Waals surface area contributed by atoms with Crippen LogP contribution in [0.15, 0.2) is 59.7 Å². The summed E-state index contributed by atoms with van der Waals surface area (Å²) in [5.74, 6) is -0.501. The maximum absolute atomic E-state index is 12.4. The fraction of sp³-hybridized carbons (Fsp3) is 0.192. The van der Waals surface area contributed by atoms with Gasteiger partial charge in [-0.1, -0.05) is 23.7 Å². The van der Waals surface area contributed by atoms with Gasteiger partial charge in [0.05, 0.1) is 22.8 Å². The molecule has 0 bridgehead atoms. The molecule has 0 fully saturated rings. The summed E-state index contributed by atoms with van der Waals surface area (Å²) in [6.07, 6.45) is 1.33. The summed E-state index contributed by atoms with van der Waals surface area (Å²) in [4.78, 5) is 35.0. The van der Waals surface area contributed by atoms with Crippen molar-refractivity contribution in [3.8, 4) is 11.5 Å². The number of rotatable bonds is 10. The zero-order valence-electron chi connectivity index (χ0n) is 20.4. The first-order chi connectivity index (χ1) is 17.7. The van der Waals surface area contributed by atoms with E-state index in [-0.39, 0.29) is 34.5 Å². The molecule has 0 saturated carbocycles. The summed E-state index contributed by atoms with van der Waals surface area (Å²) < 4.78 is 11.3. The largest absolute Gasteiger partial charge is 0.490 e. The topological polar surface area (TPSA) is 132 Å². The molecule has 0 heterocycles. The summed E-state index contributed by atoms with van der Waals surface area (Å²) >= 11 is 6.39. The SMILES string of the molecule is CCOc1cc(/C=N/NC(=O)c2cccc([N+](=O)[O-])c2)cc(Cl)c1OCC(=O)Nc1ccc(C)c(C)c1. The number of amides is 2. The molecule has 3 aromatic rings. The second kappa shape index (κ2) is 12.5. The Morgan fingerprint density at radius 3 is 2.57 bits per heavy atom. The number of carbonyl (C=O) groups is 2. The lowest BCUT2D eigenvalue weighted by Crippen LogP contribution is -2.20. The van der Waals surface area contributed by atoms with Crippen LogP contribution in [-0.4, -0.2) is 36.2 Å². The van der Waals surface area contributed by atoms with Crippen LogP contribution in [0.5, 0.6) is 11.5 Å². The lowest BCUT2D eigenvalue weighted by Gasteiger charge is -2.14. The molecule has 0 unspecified atom stereocenters. The number of ether oxygens (including phenoxy) is 2. The van der Waals surface area contributed by atoms with Gasteiger partial charge in [0.1, 0.15) is 0 Å². The third-order valence-electron chi connectivity index (χ3n) is 5.17. The third kappa shape index (κ3) is 7.52. The number of hydrogen-bond donors (Lipinski definition) is 2. The number of carbonyl (C=O) groups excluding carboxylic acids is 2. The van der Waals surface area contributed by atoms with E-state index < -0.39 is 10.8 Å². The van der Waals surface area contributed by atoms with Gasteiger partial charge in [-0.2, -0.15) is 5.10 Å². The van der Waals surface area contributed by atoms with Gasteiger partial charge in [0, 0.05) is 23.4 Å². The number of aryl methyl sites for hydroxylation is 2. The van der Waals surface area contributed by atoms with Gasteiger partial charge in [0.2, 0.25) is 0 Å². The zero-order valence-corrected chi connectivity index (χ0v) is 21.2. The Balaban J connectivity index is 1.67. The molecule has 3 aromatic carbocycles. The molecule has 0 saturated heterocycles. The minimum Gasteiger partial charge on any atom is -0.490 e. The van der Waals surface area contributed by atoms with Crippen LogP contribution < -0.4 is 20.2 Å². The van der Waals surface area contributed by atoms with Crippen molar-refractivity contribution in [2.75, 3.05) is 18.5 Å². The molecular formula is C26H25ClN4O6. The number of nitro benzene ring substituents is 1. The van der Waals surface area contributed by atoms with Gasteiger partial charge in [0.15, 0.2) is 18.1 Å². The fourth-order valence-electron chi connectivity index (χ4n) is 3.21. The Kier molecular flexibility index (Phi) is 9.17. The average Bonchev–Trinajstić information content (AvgIpc) is 2.86. The summed E-state index contributed by atoms with van der Waals surface area (Å²) in [5, 5.41) is 17.7. The maximum Gasteiger partial charge on any atom is 0.271 e. The summed E-state index contributed by atoms with van der Waals surface area (Å²) in [5.41, 5.74) is 5.51. The Morgan fingerprint density at radius 1 is 1.08 bits per heavy atom. The summed E-state index contributed by atoms with van der Waals surface area (Å²) in [6, 6.07) is 14.0. The van der Waals surface area contributed by atoms with E-state index in [0.29, 0.717) is 23.6 Å². The molecule has 10 nitrogen and oxygen atoms in total. The van der Waals surface area contributed by atoms with Crippen LogP contribution in [0, 0.1) is 24.0 Å². The van der Waals surface area contributed by atoms with Gasteiger partial charge in [-0.15, -0.1) is 0 Å². The highest BCUT2D eigenvalue weighted by Gasteiger charge is 2.15. The molecule has 192 valence electrons. The fourth-order valence-corrected chi connectivity index (χ4v) is 3.48. The lowest BCUT2D eigenvalue weighted by molar-refractivity contribution is -0.384. The average molecular weight is 525 g/mol. The van der Waals surface area contributed by atoms with E-state index in [1.807, 2.05) is 32.0 Å². The van der Waals surface area contributed by atoms with Crippen molar-refractivity contribution in [2.24, 2.45) is 5.10 Å². The monoisotopic (exact) mass is 524 g/mol. The third-order valence-corrected chi connectivity index (χ3v) is 5.45. The Bertz CT molecular complexity index is 1360. The Labute approximate surface area is 218 Å². The number of hydrogen-bond acceptors (Lipinski definition) is 7. The molecule has 3 rings (SSSR count). The van der Waals surface area contributed by atoms with Crippen molar-refractivity contribution in [1.29, 1.82) is 0 Å². The number of non-ortho nitro benzene ring substituents is 1. The number of anilines is 1. The van der Waals surface area contributed by atoms with Crippen molar-refractivity contribution in [3.63, 3.8) is 0 Å². The van der Waals surface area contributed by atoms with Crippen LogP contribution in [0.3, 0.4) is 0 Å². The van der Waals surface area contributed by atoms with Crippen molar-refractivity contribution in [2.45, 2.75) is 20.8 Å². The molecule has 0 spiro atoms. The predicted octanol–water partition coefficient (Wildman–Crippen LogP) is 5.05. The zero-order chi connectivity index (χ0) is 26.9. The van der Waals surface area contributed by atoms with E-state index in [1.165, 1.54) is 30.5 Å². The number of halogens is 1. The Morgan fingerprint density at radius 2 is 1.86 bits per heavy atom. The van der Waals surface area contributed by atoms with Crippen molar-refractivity contribution < 1.29 is 24.0 Å². The van der Waals surface area contributed by atoms with Gasteiger partial charge in [0.25, 0.3) is 17.5 Å². The number of nitro groups is 1. The molecule has 0 atom stereocenters. The summed E-state index contributed by atoms with van der Waals surface area (Å²) in [6.45, 7) is 5.75. The van der Waals surface area contributed by atoms with Gasteiger partial charge in [-0.25, -0.2) is 5.43 Å². The second-order valence-corrected chi connectivity index (χ2v) is 8.31. The van der Waals surface area contributed by atoms with E-state index in [4.69, 9.17) is 21.1 Å². The highest BCUT2D eigenvalue weighted by atomic mass is 35.5. The molecule has 0 aliphatic rings. The van der Waals surface area contributed by atoms with Gasteiger partial charge in [-0.3, -0.25) is 19.7 Å². The molecule has 11 heteroatoms. The van der Waals surface area contributed by atoms with Crippen molar-refractivity contribution in [1.82, 2.24) is 5.43 Å². The molecule has 0 aromatic heterocycles. The number of hydrazone groups is 1. The van der Waals surface area contributed by atoms with Crippen LogP contribution in [-0.2, 0) is 4.79 Å². The van der Waals surface area contributed by atoms with Crippen LogP contribution >= 0.6 is 11.6 Å². The first-order valence-corrected chi connectivity index (χ1v) is 11.6. The highest BCUT2D eigenvalue weighted by Crippen LogP contribution is 2.36. The number of nitrogens with zero attached hydrogens (tertiary/aromatic N) is 2. The van der Waals surface area contributed by atoms with E-state index in [0.717, 1.165) is 17.2 Å². The Hall–Kier alpha value is -4.44. The maximum atomic E-state index is 12.4. The van der Waals surface area contributed by atoms with Crippen molar-refractivity contribution >= 4 is 41.0 Å². The predicted molar refractivity (Wildman–Crippen MR) is 141 cm³/mol. The quantitative estimate of drug-likeness (QED) is 0.217. The van der Waals surface area contributed by atoms with Gasteiger partial charge < -0.3 is 14.8 Å². The van der Waals surface area contributed by atoms with E-state index >= 15 is 0 Å². The minimum absolute atomic E-state index is 0.0854. The van der Waals surface area contributed by atoms with Crippen LogP contribution in [0.4, 0.5) is 11.4 Å². The normalized spacial score (nSPS) is 10.7. The van der Waals surface area contributed by atoms with E-state index in [1.54, 1.807) is 13.0 Å². The van der Waals surface area contributed by atoms with Crippen LogP contribution in [0.2, 0.25) is 5.02 Å². The lowest BCUT2D eigenvalue weighted by atomic mass is 10.1. The highest BCUT2D eigenvalue weighted by molar-refractivity contribution is 6.32. The smallest absolute Gasteiger partial charge is 0.271 e. The molecule has 0 aliphatic heterocycles. The van der Waals surface area contributed by atoms with E-state index in [2.05, 4.69) is 15.8 Å². The van der Waals surface area contributed by atoms with Crippen LogP contribution in [0.25, 0.3) is 0 Å². The first kappa shape index (κ1) is 27.2. The molecule has 2 N–H and O–H groups in total. The standard InChI is InChI=1S/C26H25ClN4O6/c1-4-36-23-12-18(14-28-30-26(33)19-6-5-7-21(13-19)31(34)35)11-22(27)25(23)37-15-24(32)29-20-9-8-16(2)17(3)10-20/h5-14H,4,15H2,1-3H3,(H,29,32)(H,30,33)/b28-14+. The minimum atomic E-state index is -0.620. The molecule has 37 heavy (non-hydrogen) atoms.